The molecule has 1 aliphatic rings. The van der Waals surface area contributed by atoms with Gasteiger partial charge in [-0.3, -0.25) is 0 Å². The largest absolute Gasteiger partial charge is 0.354 e. The van der Waals surface area contributed by atoms with Crippen molar-refractivity contribution >= 4 is 17.4 Å². The highest BCUT2D eigenvalue weighted by Crippen LogP contribution is 2.31. The highest BCUT2D eigenvalue weighted by atomic mass is 35.5. The zero-order chi connectivity index (χ0) is 13.8. The second-order valence-corrected chi connectivity index (χ2v) is 6.08. The molecule has 1 saturated carbocycles. The van der Waals surface area contributed by atoms with Gasteiger partial charge in [0.15, 0.2) is 0 Å². The third-order valence-corrected chi connectivity index (χ3v) is 3.75. The van der Waals surface area contributed by atoms with Crippen LogP contribution in [0.25, 0.3) is 0 Å². The summed E-state index contributed by atoms with van der Waals surface area (Å²) in [6, 6.07) is 2.83. The molecule has 0 saturated heterocycles. The predicted octanol–water partition coefficient (Wildman–Crippen LogP) is 3.47. The fraction of sp³-hybridized carbons (Fsp3) is 0.667. The number of aromatic nitrogens is 1. The summed E-state index contributed by atoms with van der Waals surface area (Å²) in [5.74, 6) is 1.72. The SMILES string of the molecule is CCN(c1cc(CNCC(C)C)c(Cl)cn1)C1CC1. The molecule has 0 aromatic carbocycles. The topological polar surface area (TPSA) is 28.2 Å². The molecule has 106 valence electrons. The molecule has 0 atom stereocenters. The summed E-state index contributed by atoms with van der Waals surface area (Å²) in [5, 5.41) is 4.20. The lowest BCUT2D eigenvalue weighted by Crippen LogP contribution is -2.26. The Morgan fingerprint density at radius 3 is 2.79 bits per heavy atom. The summed E-state index contributed by atoms with van der Waals surface area (Å²) in [6.07, 6.45) is 4.37. The molecule has 1 heterocycles. The van der Waals surface area contributed by atoms with Crippen molar-refractivity contribution in [3.05, 3.63) is 22.8 Å². The van der Waals surface area contributed by atoms with Gasteiger partial charge in [-0.05, 0) is 43.9 Å². The molecule has 0 radical (unpaired) electrons. The van der Waals surface area contributed by atoms with E-state index in [-0.39, 0.29) is 0 Å². The molecule has 1 aromatic rings. The predicted molar refractivity (Wildman–Crippen MR) is 81.8 cm³/mol. The van der Waals surface area contributed by atoms with Crippen LogP contribution in [0.15, 0.2) is 12.3 Å². The van der Waals surface area contributed by atoms with E-state index >= 15 is 0 Å². The first kappa shape index (κ1) is 14.6. The van der Waals surface area contributed by atoms with Crippen LogP contribution in [0, 0.1) is 5.92 Å². The van der Waals surface area contributed by atoms with Crippen molar-refractivity contribution < 1.29 is 0 Å². The zero-order valence-corrected chi connectivity index (χ0v) is 12.9. The minimum absolute atomic E-state index is 0.652. The van der Waals surface area contributed by atoms with Crippen molar-refractivity contribution in [1.29, 1.82) is 0 Å². The van der Waals surface area contributed by atoms with Crippen LogP contribution >= 0.6 is 11.6 Å². The molecule has 4 heteroatoms. The third-order valence-electron chi connectivity index (χ3n) is 3.41. The molecular weight excluding hydrogens is 258 g/mol. The van der Waals surface area contributed by atoms with Gasteiger partial charge in [0.05, 0.1) is 5.02 Å². The fourth-order valence-electron chi connectivity index (χ4n) is 2.25. The Kier molecular flexibility index (Phi) is 5.06. The molecule has 1 fully saturated rings. The third kappa shape index (κ3) is 4.08. The normalized spacial score (nSPS) is 15.0. The quantitative estimate of drug-likeness (QED) is 0.829. The first-order valence-corrected chi connectivity index (χ1v) is 7.61. The van der Waals surface area contributed by atoms with E-state index in [1.165, 1.54) is 12.8 Å². The zero-order valence-electron chi connectivity index (χ0n) is 12.1. The van der Waals surface area contributed by atoms with Gasteiger partial charge < -0.3 is 10.2 Å². The number of hydrogen-bond donors (Lipinski definition) is 1. The first-order valence-electron chi connectivity index (χ1n) is 7.23. The van der Waals surface area contributed by atoms with E-state index < -0.39 is 0 Å². The molecule has 0 aliphatic heterocycles. The number of pyridine rings is 1. The van der Waals surface area contributed by atoms with Crippen LogP contribution in [0.5, 0.6) is 0 Å². The van der Waals surface area contributed by atoms with Crippen molar-refractivity contribution in [2.75, 3.05) is 18.0 Å². The fourth-order valence-corrected chi connectivity index (χ4v) is 2.42. The number of nitrogens with one attached hydrogen (secondary N) is 1. The molecule has 0 amide bonds. The van der Waals surface area contributed by atoms with Crippen LogP contribution < -0.4 is 10.2 Å². The van der Waals surface area contributed by atoms with Crippen LogP contribution in [0.1, 0.15) is 39.2 Å². The van der Waals surface area contributed by atoms with E-state index in [0.717, 1.165) is 36.0 Å². The average Bonchev–Trinajstić information content (AvgIpc) is 3.18. The van der Waals surface area contributed by atoms with Crippen molar-refractivity contribution in [3.63, 3.8) is 0 Å². The Balaban J connectivity index is 2.05. The van der Waals surface area contributed by atoms with Gasteiger partial charge >= 0.3 is 0 Å². The second-order valence-electron chi connectivity index (χ2n) is 5.68. The van der Waals surface area contributed by atoms with E-state index in [9.17, 15) is 0 Å². The molecule has 3 nitrogen and oxygen atoms in total. The summed E-state index contributed by atoms with van der Waals surface area (Å²) in [6.45, 7) is 9.43. The number of nitrogens with zero attached hydrogens (tertiary/aromatic N) is 2. The van der Waals surface area contributed by atoms with Gasteiger partial charge in [0, 0.05) is 25.3 Å². The maximum Gasteiger partial charge on any atom is 0.129 e. The first-order chi connectivity index (χ1) is 9.11. The summed E-state index contributed by atoms with van der Waals surface area (Å²) in [4.78, 5) is 6.86. The second kappa shape index (κ2) is 6.58. The Morgan fingerprint density at radius 1 is 1.47 bits per heavy atom. The number of hydrogen-bond acceptors (Lipinski definition) is 3. The van der Waals surface area contributed by atoms with E-state index in [4.69, 9.17) is 11.6 Å². The molecule has 0 spiro atoms. The molecule has 1 aromatic heterocycles. The van der Waals surface area contributed by atoms with Gasteiger partial charge in [-0.2, -0.15) is 0 Å². The van der Waals surface area contributed by atoms with Crippen molar-refractivity contribution in [2.24, 2.45) is 5.92 Å². The van der Waals surface area contributed by atoms with Crippen LogP contribution in [-0.4, -0.2) is 24.1 Å². The van der Waals surface area contributed by atoms with Gasteiger partial charge in [0.25, 0.3) is 0 Å². The Labute approximate surface area is 121 Å². The summed E-state index contributed by atoms with van der Waals surface area (Å²) < 4.78 is 0. The van der Waals surface area contributed by atoms with Gasteiger partial charge in [-0.15, -0.1) is 0 Å². The molecule has 2 rings (SSSR count). The summed E-state index contributed by atoms with van der Waals surface area (Å²) in [7, 11) is 0. The highest BCUT2D eigenvalue weighted by molar-refractivity contribution is 6.31. The molecule has 0 bridgehead atoms. The van der Waals surface area contributed by atoms with Gasteiger partial charge in [-0.1, -0.05) is 25.4 Å². The summed E-state index contributed by atoms with van der Waals surface area (Å²) >= 11 is 6.23. The maximum absolute atomic E-state index is 6.23. The van der Waals surface area contributed by atoms with Gasteiger partial charge in [0.2, 0.25) is 0 Å². The Bertz CT molecular complexity index is 416. The van der Waals surface area contributed by atoms with E-state index in [0.29, 0.717) is 12.0 Å². The lowest BCUT2D eigenvalue weighted by Gasteiger charge is -2.22. The molecule has 1 aliphatic carbocycles. The minimum Gasteiger partial charge on any atom is -0.354 e. The Hall–Kier alpha value is -0.800. The highest BCUT2D eigenvalue weighted by Gasteiger charge is 2.29. The lowest BCUT2D eigenvalue weighted by molar-refractivity contribution is 0.552. The van der Waals surface area contributed by atoms with E-state index in [2.05, 4.69) is 42.0 Å². The van der Waals surface area contributed by atoms with Crippen LogP contribution in [-0.2, 0) is 6.54 Å². The van der Waals surface area contributed by atoms with Crippen LogP contribution in [0.4, 0.5) is 5.82 Å². The Morgan fingerprint density at radius 2 is 2.21 bits per heavy atom. The van der Waals surface area contributed by atoms with Crippen molar-refractivity contribution in [1.82, 2.24) is 10.3 Å². The average molecular weight is 282 g/mol. The van der Waals surface area contributed by atoms with Gasteiger partial charge in [-0.25, -0.2) is 4.98 Å². The number of halogens is 1. The van der Waals surface area contributed by atoms with E-state index in [1.54, 1.807) is 6.20 Å². The number of rotatable bonds is 7. The lowest BCUT2D eigenvalue weighted by atomic mass is 10.2. The smallest absolute Gasteiger partial charge is 0.129 e. The maximum atomic E-state index is 6.23. The standard InChI is InChI=1S/C15H24ClN3/c1-4-19(13-5-6-13)15-7-12(14(16)10-18-15)9-17-8-11(2)3/h7,10-11,13,17H,4-6,8-9H2,1-3H3. The van der Waals surface area contributed by atoms with Crippen LogP contribution in [0.2, 0.25) is 5.02 Å². The molecular formula is C15H24ClN3. The molecule has 19 heavy (non-hydrogen) atoms. The van der Waals surface area contributed by atoms with Crippen LogP contribution in [0.3, 0.4) is 0 Å². The monoisotopic (exact) mass is 281 g/mol. The van der Waals surface area contributed by atoms with E-state index in [1.807, 2.05) is 0 Å². The van der Waals surface area contributed by atoms with Crippen molar-refractivity contribution in [3.8, 4) is 0 Å². The van der Waals surface area contributed by atoms with Crippen molar-refractivity contribution in [2.45, 2.75) is 46.2 Å². The molecule has 1 N–H and O–H groups in total. The summed E-state index contributed by atoms with van der Waals surface area (Å²) in [5.41, 5.74) is 1.14. The van der Waals surface area contributed by atoms with Gasteiger partial charge in [0.1, 0.15) is 5.82 Å². The number of anilines is 1. The minimum atomic E-state index is 0.652. The molecule has 0 unspecified atom stereocenters.